The highest BCUT2D eigenvalue weighted by atomic mass is 35.5. The Morgan fingerprint density at radius 3 is 2.52 bits per heavy atom. The zero-order valence-electron chi connectivity index (χ0n) is 29.8. The van der Waals surface area contributed by atoms with Gasteiger partial charge in [-0.3, -0.25) is 9.78 Å². The summed E-state index contributed by atoms with van der Waals surface area (Å²) in [5, 5.41) is 9.76. The first-order valence-electron chi connectivity index (χ1n) is 16.9. The maximum atomic E-state index is 15.4. The van der Waals surface area contributed by atoms with E-state index in [1.807, 2.05) is 24.3 Å². The van der Waals surface area contributed by atoms with Crippen LogP contribution in [0.25, 0.3) is 22.4 Å². The van der Waals surface area contributed by atoms with Crippen LogP contribution in [0.15, 0.2) is 60.9 Å². The summed E-state index contributed by atoms with van der Waals surface area (Å²) in [5.74, 6) is 0.0252. The van der Waals surface area contributed by atoms with Gasteiger partial charge in [-0.2, -0.15) is 0 Å². The van der Waals surface area contributed by atoms with E-state index >= 15 is 4.39 Å². The molecule has 0 unspecified atom stereocenters. The molecule has 5 rings (SSSR count). The van der Waals surface area contributed by atoms with Crippen LogP contribution in [0.4, 0.5) is 20.7 Å². The van der Waals surface area contributed by atoms with Crippen molar-refractivity contribution in [3.8, 4) is 28.1 Å². The lowest BCUT2D eigenvalue weighted by Gasteiger charge is -2.29. The smallest absolute Gasteiger partial charge is 0.410 e. The van der Waals surface area contributed by atoms with Gasteiger partial charge in [0.05, 0.1) is 41.7 Å². The first-order chi connectivity index (χ1) is 24.9. The maximum absolute atomic E-state index is 15.4. The number of methoxy groups -OCH3 is 2. The lowest BCUT2D eigenvalue weighted by Crippen LogP contribution is -2.43. The van der Waals surface area contributed by atoms with Gasteiger partial charge in [-0.05, 0) is 51.5 Å². The van der Waals surface area contributed by atoms with Gasteiger partial charge in [-0.25, -0.2) is 14.2 Å². The average molecular weight is 754 g/mol. The number of ether oxygens (including phenoxy) is 3. The molecule has 3 N–H and O–H groups in total. The zero-order chi connectivity index (χ0) is 37.4. The molecule has 2 aromatic heterocycles. The number of benzene rings is 2. The predicted molar refractivity (Wildman–Crippen MR) is 201 cm³/mol. The van der Waals surface area contributed by atoms with Crippen molar-refractivity contribution in [3.05, 3.63) is 87.9 Å². The molecule has 1 fully saturated rings. The highest BCUT2D eigenvalue weighted by Crippen LogP contribution is 2.42. The predicted octanol–water partition coefficient (Wildman–Crippen LogP) is 7.76. The molecule has 276 valence electrons. The third kappa shape index (κ3) is 9.68. The lowest BCUT2D eigenvalue weighted by molar-refractivity contribution is -0.119. The van der Waals surface area contributed by atoms with E-state index in [9.17, 15) is 9.59 Å². The molecule has 2 amide bonds. The van der Waals surface area contributed by atoms with Crippen LogP contribution in [0, 0.1) is 5.82 Å². The van der Waals surface area contributed by atoms with Gasteiger partial charge in [-0.1, -0.05) is 47.5 Å². The van der Waals surface area contributed by atoms with Crippen LogP contribution in [0.2, 0.25) is 10.0 Å². The highest BCUT2D eigenvalue weighted by Gasteiger charge is 2.29. The van der Waals surface area contributed by atoms with E-state index < -0.39 is 17.5 Å². The summed E-state index contributed by atoms with van der Waals surface area (Å²) in [4.78, 5) is 35.5. The van der Waals surface area contributed by atoms with Gasteiger partial charge >= 0.3 is 6.09 Å². The van der Waals surface area contributed by atoms with Gasteiger partial charge in [0.15, 0.2) is 11.6 Å². The molecule has 1 saturated heterocycles. The Labute approximate surface area is 313 Å². The quantitative estimate of drug-likeness (QED) is 0.111. The third-order valence-corrected chi connectivity index (χ3v) is 9.09. The van der Waals surface area contributed by atoms with Crippen molar-refractivity contribution in [1.29, 1.82) is 0 Å². The first-order valence-corrected chi connectivity index (χ1v) is 17.6. The number of hydrogen-bond donors (Lipinski definition) is 3. The minimum Gasteiger partial charge on any atom is -0.496 e. The SMILES string of the molecule is COCCNCc1ccnc(Nc2cccc(-c3ccnc(-c4ccc(CN(C[C@@H]5CCC(=O)N5)C(=O)OC(C)(C)C)c(OC)c4)c3Cl)c2Cl)c1F. The summed E-state index contributed by atoms with van der Waals surface area (Å²) in [6, 6.07) is 14.1. The van der Waals surface area contributed by atoms with Gasteiger partial charge in [0, 0.05) is 79.4 Å². The largest absolute Gasteiger partial charge is 0.496 e. The molecule has 1 aliphatic heterocycles. The number of carbonyl (C=O) groups is 2. The van der Waals surface area contributed by atoms with E-state index in [-0.39, 0.29) is 30.9 Å². The molecule has 0 aliphatic carbocycles. The number of nitrogens with one attached hydrogen (secondary N) is 3. The molecule has 4 aromatic rings. The molecule has 0 radical (unpaired) electrons. The van der Waals surface area contributed by atoms with E-state index in [1.165, 1.54) is 6.20 Å². The van der Waals surface area contributed by atoms with E-state index in [2.05, 4.69) is 25.9 Å². The summed E-state index contributed by atoms with van der Waals surface area (Å²) in [5.41, 5.74) is 3.30. The Balaban J connectivity index is 1.40. The lowest BCUT2D eigenvalue weighted by atomic mass is 10.0. The number of nitrogens with zero attached hydrogens (tertiary/aromatic N) is 3. The maximum Gasteiger partial charge on any atom is 0.410 e. The Kier molecular flexibility index (Phi) is 12.9. The minimum absolute atomic E-state index is 0.0366. The summed E-state index contributed by atoms with van der Waals surface area (Å²) in [6.07, 6.45) is 3.72. The van der Waals surface area contributed by atoms with Crippen molar-refractivity contribution in [2.24, 2.45) is 0 Å². The molecule has 2 aromatic carbocycles. The number of anilines is 2. The van der Waals surface area contributed by atoms with Crippen molar-refractivity contribution < 1.29 is 28.2 Å². The molecule has 11 nitrogen and oxygen atoms in total. The van der Waals surface area contributed by atoms with Crippen LogP contribution in [0.1, 0.15) is 44.7 Å². The van der Waals surface area contributed by atoms with Gasteiger partial charge in [0.25, 0.3) is 0 Å². The molecule has 1 aliphatic rings. The Bertz CT molecular complexity index is 1910. The van der Waals surface area contributed by atoms with E-state index in [4.69, 9.17) is 37.4 Å². The molecule has 52 heavy (non-hydrogen) atoms. The Morgan fingerprint density at radius 2 is 1.81 bits per heavy atom. The Hall–Kier alpha value is -4.49. The summed E-state index contributed by atoms with van der Waals surface area (Å²) in [6.45, 7) is 7.29. The van der Waals surface area contributed by atoms with Crippen molar-refractivity contribution in [2.45, 2.75) is 58.3 Å². The molecular formula is C38H43Cl2FN6O5. The van der Waals surface area contributed by atoms with Gasteiger partial charge < -0.3 is 35.1 Å². The summed E-state index contributed by atoms with van der Waals surface area (Å²) in [7, 11) is 3.16. The molecule has 0 saturated carbocycles. The average Bonchev–Trinajstić information content (AvgIpc) is 3.52. The standard InChI is InChI=1S/C38H43Cl2FN6O5/c1-38(2,3)52-37(49)47(22-26-11-12-31(48)45-26)21-25-10-9-23(19-30(25)51-5)35-33(40)28(14-16-43-35)27-7-6-8-29(32(27)39)46-36-34(41)24(13-15-44-36)20-42-17-18-50-4/h6-10,13-16,19,26,42H,11-12,17-18,20-22H2,1-5H3,(H,44,46)(H,45,48)/t26-/m0/s1. The van der Waals surface area contributed by atoms with Crippen LogP contribution in [-0.4, -0.2) is 72.4 Å². The fourth-order valence-electron chi connectivity index (χ4n) is 5.76. The van der Waals surface area contributed by atoms with Gasteiger partial charge in [0.2, 0.25) is 5.91 Å². The topological polar surface area (TPSA) is 127 Å². The normalized spacial score (nSPS) is 14.2. The van der Waals surface area contributed by atoms with Crippen molar-refractivity contribution in [1.82, 2.24) is 25.5 Å². The molecule has 14 heteroatoms. The number of amides is 2. The molecule has 1 atom stereocenters. The van der Waals surface area contributed by atoms with Crippen LogP contribution in [-0.2, 0) is 27.4 Å². The van der Waals surface area contributed by atoms with Gasteiger partial charge in [0.1, 0.15) is 11.4 Å². The number of pyridine rings is 2. The summed E-state index contributed by atoms with van der Waals surface area (Å²) >= 11 is 14.0. The van der Waals surface area contributed by atoms with Gasteiger partial charge in [-0.15, -0.1) is 0 Å². The highest BCUT2D eigenvalue weighted by molar-refractivity contribution is 6.39. The van der Waals surface area contributed by atoms with Crippen LogP contribution < -0.4 is 20.7 Å². The number of aromatic nitrogens is 2. The van der Waals surface area contributed by atoms with Crippen LogP contribution in [0.3, 0.4) is 0 Å². The van der Waals surface area contributed by atoms with E-state index in [1.54, 1.807) is 70.4 Å². The first kappa shape index (κ1) is 38.7. The Morgan fingerprint density at radius 1 is 1.04 bits per heavy atom. The molecular weight excluding hydrogens is 710 g/mol. The summed E-state index contributed by atoms with van der Waals surface area (Å²) < 4.78 is 31.9. The third-order valence-electron chi connectivity index (χ3n) is 8.30. The van der Waals surface area contributed by atoms with E-state index in [0.717, 1.165) is 5.56 Å². The van der Waals surface area contributed by atoms with Crippen molar-refractivity contribution >= 4 is 46.7 Å². The van der Waals surface area contributed by atoms with Crippen LogP contribution >= 0.6 is 23.2 Å². The molecule has 3 heterocycles. The second kappa shape index (κ2) is 17.4. The number of halogens is 3. The number of hydrogen-bond acceptors (Lipinski definition) is 9. The zero-order valence-corrected chi connectivity index (χ0v) is 31.3. The number of rotatable bonds is 14. The molecule has 0 bridgehead atoms. The minimum atomic E-state index is -0.700. The van der Waals surface area contributed by atoms with Crippen molar-refractivity contribution in [2.75, 3.05) is 39.2 Å². The van der Waals surface area contributed by atoms with Crippen LogP contribution in [0.5, 0.6) is 5.75 Å². The second-order valence-electron chi connectivity index (χ2n) is 13.3. The fourth-order valence-corrected chi connectivity index (χ4v) is 6.36. The monoisotopic (exact) mass is 752 g/mol. The van der Waals surface area contributed by atoms with Crippen molar-refractivity contribution in [3.63, 3.8) is 0 Å². The second-order valence-corrected chi connectivity index (χ2v) is 14.1. The number of carbonyl (C=O) groups excluding carboxylic acids is 2. The van der Waals surface area contributed by atoms with E-state index in [0.29, 0.717) is 82.0 Å². The fraction of sp³-hybridized carbons (Fsp3) is 0.368. The molecule has 0 spiro atoms.